The van der Waals surface area contributed by atoms with Crippen LogP contribution >= 0.6 is 0 Å². The fraction of sp³-hybridized carbons (Fsp3) is 0.591. The summed E-state index contributed by atoms with van der Waals surface area (Å²) in [6, 6.07) is 8.80. The van der Waals surface area contributed by atoms with E-state index in [0.717, 1.165) is 38.5 Å². The zero-order valence-corrected chi connectivity index (χ0v) is 16.2. The number of ketones is 1. The van der Waals surface area contributed by atoms with E-state index in [-0.39, 0.29) is 18.1 Å². The number of ether oxygens (including phenoxy) is 2. The first kappa shape index (κ1) is 19.6. The molecule has 0 aromatic heterocycles. The fourth-order valence-electron chi connectivity index (χ4n) is 4.09. The average Bonchev–Trinajstić information content (AvgIpc) is 2.70. The second-order valence-corrected chi connectivity index (χ2v) is 7.81. The van der Waals surface area contributed by atoms with Crippen molar-refractivity contribution in [3.63, 3.8) is 0 Å². The third kappa shape index (κ3) is 3.52. The third-order valence-electron chi connectivity index (χ3n) is 5.86. The maximum atomic E-state index is 13.3. The molecule has 1 heterocycles. The van der Waals surface area contributed by atoms with Gasteiger partial charge in [-0.1, -0.05) is 62.9 Å². The Bertz CT molecular complexity index is 707. The first-order valence-electron chi connectivity index (χ1n) is 10.0. The van der Waals surface area contributed by atoms with E-state index in [1.54, 1.807) is 24.3 Å². The topological polar surface area (TPSA) is 69.7 Å². The Morgan fingerprint density at radius 1 is 1.04 bits per heavy atom. The highest BCUT2D eigenvalue weighted by molar-refractivity contribution is 6.12. The summed E-state index contributed by atoms with van der Waals surface area (Å²) in [6.45, 7) is 3.50. The quantitative estimate of drug-likeness (QED) is 0.556. The smallest absolute Gasteiger partial charge is 0.360 e. The van der Waals surface area contributed by atoms with Gasteiger partial charge in [-0.25, -0.2) is 9.59 Å². The predicted octanol–water partition coefficient (Wildman–Crippen LogP) is 4.08. The van der Waals surface area contributed by atoms with E-state index >= 15 is 0 Å². The molecule has 1 aromatic carbocycles. The van der Waals surface area contributed by atoms with E-state index < -0.39 is 23.1 Å². The number of unbranched alkanes of at least 4 members (excludes halogenated alkanes) is 1. The van der Waals surface area contributed by atoms with Crippen molar-refractivity contribution in [1.82, 2.24) is 0 Å². The molecule has 1 aromatic rings. The van der Waals surface area contributed by atoms with Crippen LogP contribution in [0.4, 0.5) is 0 Å². The zero-order valence-electron chi connectivity index (χ0n) is 16.2. The second-order valence-electron chi connectivity index (χ2n) is 7.81. The summed E-state index contributed by atoms with van der Waals surface area (Å²) in [7, 11) is 0. The molecular weight excluding hydrogens is 344 g/mol. The van der Waals surface area contributed by atoms with E-state index in [1.807, 2.05) is 13.0 Å². The lowest BCUT2D eigenvalue weighted by atomic mass is 9.76. The Morgan fingerprint density at radius 2 is 1.70 bits per heavy atom. The van der Waals surface area contributed by atoms with Crippen LogP contribution in [0, 0.1) is 5.92 Å². The summed E-state index contributed by atoms with van der Waals surface area (Å²) < 4.78 is 11.4. The van der Waals surface area contributed by atoms with Gasteiger partial charge in [0.25, 0.3) is 5.60 Å². The normalized spacial score (nSPS) is 29.1. The van der Waals surface area contributed by atoms with Crippen molar-refractivity contribution in [2.24, 2.45) is 5.92 Å². The summed E-state index contributed by atoms with van der Waals surface area (Å²) in [4.78, 5) is 39.4. The monoisotopic (exact) mass is 372 g/mol. The van der Waals surface area contributed by atoms with Gasteiger partial charge in [-0.15, -0.1) is 0 Å². The van der Waals surface area contributed by atoms with Crippen LogP contribution in [0.3, 0.4) is 0 Å². The minimum absolute atomic E-state index is 0.189. The summed E-state index contributed by atoms with van der Waals surface area (Å²) >= 11 is 0. The van der Waals surface area contributed by atoms with E-state index in [4.69, 9.17) is 9.47 Å². The molecule has 1 saturated heterocycles. The lowest BCUT2D eigenvalue weighted by molar-refractivity contribution is -0.227. The van der Waals surface area contributed by atoms with Crippen LogP contribution in [-0.2, 0) is 29.5 Å². The molecule has 5 heteroatoms. The Hall–Kier alpha value is -2.17. The van der Waals surface area contributed by atoms with Crippen LogP contribution in [0.1, 0.15) is 70.8 Å². The molecule has 0 unspecified atom stereocenters. The number of rotatable bonds is 6. The highest BCUT2D eigenvalue weighted by Crippen LogP contribution is 2.41. The van der Waals surface area contributed by atoms with Crippen molar-refractivity contribution >= 4 is 17.7 Å². The van der Waals surface area contributed by atoms with Crippen LogP contribution in [0.2, 0.25) is 0 Å². The molecule has 146 valence electrons. The second kappa shape index (κ2) is 7.83. The summed E-state index contributed by atoms with van der Waals surface area (Å²) in [5.74, 6) is -1.91. The van der Waals surface area contributed by atoms with E-state index in [0.29, 0.717) is 12.0 Å². The molecule has 5 nitrogen and oxygen atoms in total. The van der Waals surface area contributed by atoms with Gasteiger partial charge in [-0.05, 0) is 26.2 Å². The number of carbonyl (C=O) groups is 3. The summed E-state index contributed by atoms with van der Waals surface area (Å²) in [5, 5.41) is 0. The van der Waals surface area contributed by atoms with Crippen molar-refractivity contribution in [1.29, 1.82) is 0 Å². The SMILES string of the molecule is CCCC[C@]1(C(=O)C2CCCCC2)OC(=O)[C@](C)(c2ccccc2)OC1=O. The number of esters is 2. The third-order valence-corrected chi connectivity index (χ3v) is 5.86. The van der Waals surface area contributed by atoms with Gasteiger partial charge in [0.1, 0.15) is 0 Å². The number of Topliss-reactive ketones (excluding diaryl/α,β-unsaturated/α-hetero) is 1. The summed E-state index contributed by atoms with van der Waals surface area (Å²) in [6.07, 6.45) is 6.11. The molecule has 2 aliphatic rings. The van der Waals surface area contributed by atoms with Gasteiger partial charge in [0.2, 0.25) is 5.60 Å². The Balaban J connectivity index is 1.92. The highest BCUT2D eigenvalue weighted by Gasteiger charge is 2.61. The number of benzene rings is 1. The summed E-state index contributed by atoms with van der Waals surface area (Å²) in [5.41, 5.74) is -2.78. The number of cyclic esters (lactones) is 2. The van der Waals surface area contributed by atoms with Gasteiger partial charge in [-0.2, -0.15) is 0 Å². The lowest BCUT2D eigenvalue weighted by Crippen LogP contribution is -2.62. The molecule has 2 atom stereocenters. The van der Waals surface area contributed by atoms with Crippen LogP contribution in [0.15, 0.2) is 30.3 Å². The van der Waals surface area contributed by atoms with Gasteiger partial charge >= 0.3 is 11.9 Å². The number of hydrogen-bond donors (Lipinski definition) is 0. The molecule has 27 heavy (non-hydrogen) atoms. The molecule has 0 spiro atoms. The van der Waals surface area contributed by atoms with E-state index in [9.17, 15) is 14.4 Å². The van der Waals surface area contributed by atoms with Crippen LogP contribution in [0.25, 0.3) is 0 Å². The van der Waals surface area contributed by atoms with Crippen molar-refractivity contribution in [3.8, 4) is 0 Å². The van der Waals surface area contributed by atoms with E-state index in [1.165, 1.54) is 6.92 Å². The molecule has 0 N–H and O–H groups in total. The maximum Gasteiger partial charge on any atom is 0.360 e. The average molecular weight is 372 g/mol. The molecule has 3 rings (SSSR count). The largest absolute Gasteiger partial charge is 0.439 e. The first-order chi connectivity index (χ1) is 12.9. The first-order valence-corrected chi connectivity index (χ1v) is 10.0. The van der Waals surface area contributed by atoms with Gasteiger partial charge in [0.15, 0.2) is 5.78 Å². The van der Waals surface area contributed by atoms with Gasteiger partial charge in [0, 0.05) is 17.9 Å². The molecule has 1 saturated carbocycles. The minimum Gasteiger partial charge on any atom is -0.439 e. The molecule has 0 bridgehead atoms. The van der Waals surface area contributed by atoms with Gasteiger partial charge in [-0.3, -0.25) is 4.79 Å². The maximum absolute atomic E-state index is 13.3. The standard InChI is InChI=1S/C22H28O5/c1-3-4-15-22(18(23)16-11-7-5-8-12-16)20(25)26-21(2,19(24)27-22)17-13-9-6-10-14-17/h6,9-10,13-14,16H,3-5,7-8,11-12,15H2,1-2H3/t21-,22+/m0/s1. The molecule has 1 aliphatic carbocycles. The minimum atomic E-state index is -1.79. The van der Waals surface area contributed by atoms with Gasteiger partial charge in [0.05, 0.1) is 0 Å². The van der Waals surface area contributed by atoms with Crippen molar-refractivity contribution in [2.45, 2.75) is 76.4 Å². The van der Waals surface area contributed by atoms with Crippen LogP contribution in [-0.4, -0.2) is 23.3 Å². The highest BCUT2D eigenvalue weighted by atomic mass is 16.7. The molecule has 0 radical (unpaired) electrons. The zero-order chi connectivity index (χ0) is 19.5. The number of carbonyl (C=O) groups excluding carboxylic acids is 3. The van der Waals surface area contributed by atoms with E-state index in [2.05, 4.69) is 0 Å². The fourth-order valence-corrected chi connectivity index (χ4v) is 4.09. The Kier molecular flexibility index (Phi) is 5.68. The Labute approximate surface area is 160 Å². The predicted molar refractivity (Wildman–Crippen MR) is 99.8 cm³/mol. The molecule has 2 fully saturated rings. The van der Waals surface area contributed by atoms with Crippen LogP contribution < -0.4 is 0 Å². The molecule has 0 amide bonds. The van der Waals surface area contributed by atoms with Crippen LogP contribution in [0.5, 0.6) is 0 Å². The van der Waals surface area contributed by atoms with Crippen molar-refractivity contribution < 1.29 is 23.9 Å². The van der Waals surface area contributed by atoms with Crippen molar-refractivity contribution in [2.75, 3.05) is 0 Å². The molecule has 1 aliphatic heterocycles. The lowest BCUT2D eigenvalue weighted by Gasteiger charge is -2.42. The molecular formula is C22H28O5. The van der Waals surface area contributed by atoms with Gasteiger partial charge < -0.3 is 9.47 Å². The Morgan fingerprint density at radius 3 is 2.33 bits per heavy atom. The van der Waals surface area contributed by atoms with Crippen molar-refractivity contribution in [3.05, 3.63) is 35.9 Å². The number of hydrogen-bond acceptors (Lipinski definition) is 5.